The predicted molar refractivity (Wildman–Crippen MR) is 73.9 cm³/mol. The minimum absolute atomic E-state index is 0.0420. The van der Waals surface area contributed by atoms with E-state index in [2.05, 4.69) is 15.3 Å². The number of nitrogens with one attached hydrogen (secondary N) is 1. The van der Waals surface area contributed by atoms with Gasteiger partial charge in [0.2, 0.25) is 5.82 Å². The van der Waals surface area contributed by atoms with Crippen LogP contribution in [0.1, 0.15) is 18.0 Å². The minimum atomic E-state index is -0.427. The molecule has 1 N–H and O–H groups in total. The highest BCUT2D eigenvalue weighted by Gasteiger charge is 2.25. The van der Waals surface area contributed by atoms with E-state index in [0.717, 1.165) is 5.01 Å². The summed E-state index contributed by atoms with van der Waals surface area (Å²) in [6.45, 7) is 1.90. The molecule has 3 heterocycles. The van der Waals surface area contributed by atoms with Crippen LogP contribution in [0, 0.1) is 10.1 Å². The molecule has 3 rings (SSSR count). The number of anilines is 1. The van der Waals surface area contributed by atoms with E-state index in [1.165, 1.54) is 27.1 Å². The second-order valence-electron chi connectivity index (χ2n) is 3.83. The standard InChI is InChI=1S/C10H9N5O2S2/c1-6(8-11-2-4-18-8)12-7-9(15(16)17)14-3-5-19-10(14)13-7/h2-6,12H,1H3. The Labute approximate surface area is 115 Å². The van der Waals surface area contributed by atoms with Gasteiger partial charge >= 0.3 is 5.82 Å². The third-order valence-electron chi connectivity index (χ3n) is 2.58. The lowest BCUT2D eigenvalue weighted by Crippen LogP contribution is -2.08. The topological polar surface area (TPSA) is 85.4 Å². The number of hydrogen-bond acceptors (Lipinski definition) is 7. The van der Waals surface area contributed by atoms with Gasteiger partial charge in [0.1, 0.15) is 11.2 Å². The molecule has 3 aromatic heterocycles. The number of aromatic nitrogens is 3. The third kappa shape index (κ3) is 2.06. The Bertz CT molecular complexity index is 718. The van der Waals surface area contributed by atoms with Gasteiger partial charge in [0.25, 0.3) is 4.96 Å². The molecule has 0 aliphatic heterocycles. The predicted octanol–water partition coefficient (Wildman–Crippen LogP) is 2.93. The van der Waals surface area contributed by atoms with Gasteiger partial charge in [-0.25, -0.2) is 4.98 Å². The molecule has 1 atom stereocenters. The molecular weight excluding hydrogens is 286 g/mol. The van der Waals surface area contributed by atoms with Gasteiger partial charge in [0.15, 0.2) is 0 Å². The van der Waals surface area contributed by atoms with Crippen LogP contribution in [-0.4, -0.2) is 19.3 Å². The molecule has 0 aromatic carbocycles. The molecule has 0 aliphatic carbocycles. The van der Waals surface area contributed by atoms with Crippen molar-refractivity contribution in [2.24, 2.45) is 0 Å². The zero-order valence-electron chi connectivity index (χ0n) is 9.81. The van der Waals surface area contributed by atoms with Crippen molar-refractivity contribution in [1.82, 2.24) is 14.4 Å². The van der Waals surface area contributed by atoms with E-state index >= 15 is 0 Å². The number of nitro groups is 1. The molecule has 0 radical (unpaired) electrons. The van der Waals surface area contributed by atoms with Crippen LogP contribution in [0.2, 0.25) is 0 Å². The Morgan fingerprint density at radius 2 is 2.32 bits per heavy atom. The molecule has 7 nitrogen and oxygen atoms in total. The highest BCUT2D eigenvalue weighted by molar-refractivity contribution is 7.15. The maximum Gasteiger partial charge on any atom is 0.372 e. The molecule has 0 bridgehead atoms. The SMILES string of the molecule is CC(Nc1nc2sccn2c1[N+](=O)[O-])c1nccs1. The van der Waals surface area contributed by atoms with E-state index in [-0.39, 0.29) is 17.7 Å². The van der Waals surface area contributed by atoms with Gasteiger partial charge in [0, 0.05) is 17.0 Å². The van der Waals surface area contributed by atoms with Crippen LogP contribution < -0.4 is 5.32 Å². The highest BCUT2D eigenvalue weighted by atomic mass is 32.1. The van der Waals surface area contributed by atoms with Gasteiger partial charge in [-0.05, 0) is 11.8 Å². The smallest absolute Gasteiger partial charge is 0.358 e. The third-order valence-corrected chi connectivity index (χ3v) is 4.30. The first-order valence-electron chi connectivity index (χ1n) is 5.42. The maximum atomic E-state index is 11.2. The quantitative estimate of drug-likeness (QED) is 0.591. The fourth-order valence-corrected chi connectivity index (χ4v) is 3.12. The largest absolute Gasteiger partial charge is 0.372 e. The first kappa shape index (κ1) is 12.1. The molecule has 9 heteroatoms. The fraction of sp³-hybridized carbons (Fsp3) is 0.200. The van der Waals surface area contributed by atoms with Crippen LogP contribution in [0.4, 0.5) is 11.6 Å². The lowest BCUT2D eigenvalue weighted by molar-refractivity contribution is -0.389. The number of fused-ring (bicyclic) bond motifs is 1. The van der Waals surface area contributed by atoms with Crippen molar-refractivity contribution in [1.29, 1.82) is 0 Å². The first-order valence-corrected chi connectivity index (χ1v) is 7.18. The molecule has 0 saturated carbocycles. The minimum Gasteiger partial charge on any atom is -0.358 e. The summed E-state index contributed by atoms with van der Waals surface area (Å²) in [6, 6.07) is -0.122. The molecule has 0 spiro atoms. The van der Waals surface area contributed by atoms with Crippen LogP contribution in [0.5, 0.6) is 0 Å². The average molecular weight is 295 g/mol. The Hall–Kier alpha value is -2.00. The molecule has 0 fully saturated rings. The zero-order chi connectivity index (χ0) is 13.4. The summed E-state index contributed by atoms with van der Waals surface area (Å²) in [7, 11) is 0. The molecule has 3 aromatic rings. The van der Waals surface area contributed by atoms with Crippen molar-refractivity contribution in [3.05, 3.63) is 38.3 Å². The first-order chi connectivity index (χ1) is 9.16. The van der Waals surface area contributed by atoms with Gasteiger partial charge in [-0.1, -0.05) is 11.3 Å². The van der Waals surface area contributed by atoms with Crippen molar-refractivity contribution in [2.45, 2.75) is 13.0 Å². The van der Waals surface area contributed by atoms with Crippen LogP contribution in [-0.2, 0) is 0 Å². The van der Waals surface area contributed by atoms with Crippen LogP contribution in [0.3, 0.4) is 0 Å². The monoisotopic (exact) mass is 295 g/mol. The summed E-state index contributed by atoms with van der Waals surface area (Å²) < 4.78 is 1.47. The van der Waals surface area contributed by atoms with E-state index < -0.39 is 4.92 Å². The van der Waals surface area contributed by atoms with E-state index in [9.17, 15) is 10.1 Å². The number of nitrogens with zero attached hydrogens (tertiary/aromatic N) is 4. The second kappa shape index (κ2) is 4.59. The highest BCUT2D eigenvalue weighted by Crippen LogP contribution is 2.31. The van der Waals surface area contributed by atoms with Crippen molar-refractivity contribution in [3.8, 4) is 0 Å². The summed E-state index contributed by atoms with van der Waals surface area (Å²) >= 11 is 2.86. The average Bonchev–Trinajstić information content (AvgIpc) is 3.03. The Morgan fingerprint density at radius 3 is 3.00 bits per heavy atom. The lowest BCUT2D eigenvalue weighted by atomic mass is 10.3. The number of thiazole rings is 2. The van der Waals surface area contributed by atoms with Crippen molar-refractivity contribution >= 4 is 39.3 Å². The van der Waals surface area contributed by atoms with E-state index in [0.29, 0.717) is 4.96 Å². The van der Waals surface area contributed by atoms with Crippen LogP contribution in [0.15, 0.2) is 23.2 Å². The Kier molecular flexibility index (Phi) is 2.91. The van der Waals surface area contributed by atoms with Gasteiger partial charge in [-0.3, -0.25) is 0 Å². The summed E-state index contributed by atoms with van der Waals surface area (Å²) in [5.41, 5.74) is 0. The number of imidazole rings is 1. The Morgan fingerprint density at radius 1 is 1.47 bits per heavy atom. The molecule has 1 unspecified atom stereocenters. The van der Waals surface area contributed by atoms with E-state index in [1.807, 2.05) is 12.3 Å². The van der Waals surface area contributed by atoms with Gasteiger partial charge in [-0.2, -0.15) is 9.38 Å². The fourth-order valence-electron chi connectivity index (χ4n) is 1.76. The molecule has 19 heavy (non-hydrogen) atoms. The summed E-state index contributed by atoms with van der Waals surface area (Å²) in [5, 5.41) is 18.7. The molecule has 0 amide bonds. The van der Waals surface area contributed by atoms with E-state index in [4.69, 9.17) is 0 Å². The zero-order valence-corrected chi connectivity index (χ0v) is 11.4. The van der Waals surface area contributed by atoms with Crippen LogP contribution >= 0.6 is 22.7 Å². The summed E-state index contributed by atoms with van der Waals surface area (Å²) in [5.74, 6) is 0.235. The second-order valence-corrected chi connectivity index (χ2v) is 5.63. The van der Waals surface area contributed by atoms with Gasteiger partial charge in [0.05, 0.1) is 6.04 Å². The maximum absolute atomic E-state index is 11.2. The van der Waals surface area contributed by atoms with Crippen LogP contribution in [0.25, 0.3) is 4.96 Å². The van der Waals surface area contributed by atoms with Crippen molar-refractivity contribution in [3.63, 3.8) is 0 Å². The number of hydrogen-bond donors (Lipinski definition) is 1. The van der Waals surface area contributed by atoms with Gasteiger partial charge < -0.3 is 15.4 Å². The summed E-state index contributed by atoms with van der Waals surface area (Å²) in [4.78, 5) is 19.8. The molecule has 98 valence electrons. The summed E-state index contributed by atoms with van der Waals surface area (Å²) in [6.07, 6.45) is 3.35. The van der Waals surface area contributed by atoms with Gasteiger partial charge in [-0.15, -0.1) is 11.3 Å². The van der Waals surface area contributed by atoms with Crippen molar-refractivity contribution < 1.29 is 4.92 Å². The molecular formula is C10H9N5O2S2. The molecule has 0 aliphatic rings. The molecule has 0 saturated heterocycles. The number of rotatable bonds is 4. The van der Waals surface area contributed by atoms with E-state index in [1.54, 1.807) is 17.8 Å². The Balaban J connectivity index is 1.98. The normalized spacial score (nSPS) is 12.7. The van der Waals surface area contributed by atoms with Crippen molar-refractivity contribution in [2.75, 3.05) is 5.32 Å². The lowest BCUT2D eigenvalue weighted by Gasteiger charge is -2.09.